The number of hydrogen-bond acceptors (Lipinski definition) is 3. The molecule has 0 saturated heterocycles. The molecule has 3 rings (SSSR count). The van der Waals surface area contributed by atoms with E-state index in [1.165, 1.54) is 28.9 Å². The minimum absolute atomic E-state index is 0.329. The van der Waals surface area contributed by atoms with E-state index in [4.69, 9.17) is 0 Å². The van der Waals surface area contributed by atoms with Gasteiger partial charge in [-0.3, -0.25) is 4.72 Å². The van der Waals surface area contributed by atoms with Gasteiger partial charge in [0.15, 0.2) is 0 Å². The molecule has 3 nitrogen and oxygen atoms in total. The molecule has 0 amide bonds. The SMILES string of the molecule is CC(C)C.Cc1ccccc1-n1ncc2c1CCC[C@H]2NS. The van der Waals surface area contributed by atoms with Crippen LogP contribution in [0.2, 0.25) is 0 Å². The van der Waals surface area contributed by atoms with Crippen LogP contribution < -0.4 is 4.72 Å². The number of benzene rings is 1. The number of hydrogen-bond donors (Lipinski definition) is 2. The summed E-state index contributed by atoms with van der Waals surface area (Å²) in [6.45, 7) is 8.63. The molecule has 22 heavy (non-hydrogen) atoms. The van der Waals surface area contributed by atoms with Gasteiger partial charge in [-0.15, -0.1) is 0 Å². The standard InChI is InChI=1S/C14H17N3S.C4H10/c1-10-5-2-3-7-13(10)17-14-8-4-6-12(16-18)11(14)9-15-17;1-4(2)3/h2-3,5,7,9,12,16,18H,4,6,8H2,1H3;4H,1-3H3/t12-;/m1./s1. The number of para-hydroxylation sites is 1. The first-order valence-electron chi connectivity index (χ1n) is 8.07. The van der Waals surface area contributed by atoms with Gasteiger partial charge in [0.25, 0.3) is 0 Å². The average Bonchev–Trinajstić information content (AvgIpc) is 2.91. The first-order chi connectivity index (χ1) is 10.5. The third kappa shape index (κ3) is 3.93. The van der Waals surface area contributed by atoms with Crippen molar-refractivity contribution in [1.82, 2.24) is 14.5 Å². The van der Waals surface area contributed by atoms with Crippen LogP contribution in [-0.2, 0) is 6.42 Å². The quantitative estimate of drug-likeness (QED) is 0.789. The van der Waals surface area contributed by atoms with Crippen LogP contribution in [0, 0.1) is 12.8 Å². The summed E-state index contributed by atoms with van der Waals surface area (Å²) in [5.41, 5.74) is 5.05. The van der Waals surface area contributed by atoms with Crippen LogP contribution in [0.1, 0.15) is 56.5 Å². The number of fused-ring (bicyclic) bond motifs is 1. The van der Waals surface area contributed by atoms with Crippen molar-refractivity contribution in [3.8, 4) is 5.69 Å². The molecule has 4 heteroatoms. The normalized spacial score (nSPS) is 16.9. The Kier molecular flexibility index (Phi) is 6.09. The van der Waals surface area contributed by atoms with Crippen molar-refractivity contribution in [3.05, 3.63) is 47.3 Å². The highest BCUT2D eigenvalue weighted by atomic mass is 32.1. The maximum Gasteiger partial charge on any atom is 0.0678 e. The minimum atomic E-state index is 0.329. The fraction of sp³-hybridized carbons (Fsp3) is 0.500. The first-order valence-corrected chi connectivity index (χ1v) is 8.51. The Labute approximate surface area is 139 Å². The molecular formula is C18H27N3S. The molecule has 0 unspecified atom stereocenters. The molecule has 2 aromatic rings. The lowest BCUT2D eigenvalue weighted by molar-refractivity contribution is 0.534. The second kappa shape index (κ2) is 7.84. The molecule has 1 aromatic heterocycles. The van der Waals surface area contributed by atoms with Crippen molar-refractivity contribution in [1.29, 1.82) is 0 Å². The lowest BCUT2D eigenvalue weighted by Gasteiger charge is -2.22. The predicted octanol–water partition coefficient (Wildman–Crippen LogP) is 4.65. The zero-order valence-electron chi connectivity index (χ0n) is 14.0. The summed E-state index contributed by atoms with van der Waals surface area (Å²) in [7, 11) is 0. The van der Waals surface area contributed by atoms with Gasteiger partial charge < -0.3 is 0 Å². The molecule has 1 aliphatic rings. The van der Waals surface area contributed by atoms with Gasteiger partial charge in [0.2, 0.25) is 0 Å². The van der Waals surface area contributed by atoms with Crippen LogP contribution in [0.15, 0.2) is 30.5 Å². The molecule has 1 aromatic carbocycles. The van der Waals surface area contributed by atoms with Crippen molar-refractivity contribution in [3.63, 3.8) is 0 Å². The molecule has 1 atom stereocenters. The molecule has 0 saturated carbocycles. The second-order valence-electron chi connectivity index (χ2n) is 6.55. The van der Waals surface area contributed by atoms with Gasteiger partial charge in [-0.25, -0.2) is 4.68 Å². The monoisotopic (exact) mass is 317 g/mol. The summed E-state index contributed by atoms with van der Waals surface area (Å²) in [4.78, 5) is 0. The molecule has 0 radical (unpaired) electrons. The smallest absolute Gasteiger partial charge is 0.0678 e. The summed E-state index contributed by atoms with van der Waals surface area (Å²) in [6.07, 6.45) is 5.39. The molecule has 0 spiro atoms. The topological polar surface area (TPSA) is 29.9 Å². The van der Waals surface area contributed by atoms with E-state index < -0.39 is 0 Å². The summed E-state index contributed by atoms with van der Waals surface area (Å²) >= 11 is 4.22. The Morgan fingerprint density at radius 2 is 1.95 bits per heavy atom. The van der Waals surface area contributed by atoms with Gasteiger partial charge in [0.05, 0.1) is 11.9 Å². The van der Waals surface area contributed by atoms with Crippen molar-refractivity contribution in [2.75, 3.05) is 0 Å². The molecule has 120 valence electrons. The van der Waals surface area contributed by atoms with E-state index in [-0.39, 0.29) is 0 Å². The van der Waals surface area contributed by atoms with Crippen LogP contribution in [0.4, 0.5) is 0 Å². The average molecular weight is 318 g/mol. The van der Waals surface area contributed by atoms with E-state index in [0.717, 1.165) is 18.8 Å². The van der Waals surface area contributed by atoms with E-state index >= 15 is 0 Å². The fourth-order valence-corrected chi connectivity index (χ4v) is 2.97. The third-order valence-electron chi connectivity index (χ3n) is 3.68. The Morgan fingerprint density at radius 3 is 2.59 bits per heavy atom. The molecule has 0 bridgehead atoms. The van der Waals surface area contributed by atoms with Crippen molar-refractivity contribution >= 4 is 12.8 Å². The third-order valence-corrected chi connectivity index (χ3v) is 3.99. The maximum absolute atomic E-state index is 4.57. The van der Waals surface area contributed by atoms with E-state index in [2.05, 4.69) is 79.3 Å². The van der Waals surface area contributed by atoms with Crippen LogP contribution in [0.3, 0.4) is 0 Å². The number of nitrogens with zero attached hydrogens (tertiary/aromatic N) is 2. The van der Waals surface area contributed by atoms with E-state index in [9.17, 15) is 0 Å². The van der Waals surface area contributed by atoms with Crippen molar-refractivity contribution < 1.29 is 0 Å². The molecule has 0 fully saturated rings. The van der Waals surface area contributed by atoms with Gasteiger partial charge in [-0.05, 0) is 43.7 Å². The number of rotatable bonds is 2. The highest BCUT2D eigenvalue weighted by Crippen LogP contribution is 2.31. The van der Waals surface area contributed by atoms with Gasteiger partial charge in [0, 0.05) is 17.3 Å². The minimum Gasteiger partial charge on any atom is -0.259 e. The number of aryl methyl sites for hydroxylation is 1. The van der Waals surface area contributed by atoms with Crippen molar-refractivity contribution in [2.24, 2.45) is 5.92 Å². The lowest BCUT2D eigenvalue weighted by Crippen LogP contribution is -2.18. The second-order valence-corrected chi connectivity index (χ2v) is 6.81. The number of thiol groups is 1. The van der Waals surface area contributed by atoms with Crippen LogP contribution >= 0.6 is 12.8 Å². The van der Waals surface area contributed by atoms with Gasteiger partial charge in [0.1, 0.15) is 0 Å². The fourth-order valence-electron chi connectivity index (χ4n) is 2.70. The van der Waals surface area contributed by atoms with Gasteiger partial charge in [-0.1, -0.05) is 51.8 Å². The Bertz CT molecular complexity index is 601. The lowest BCUT2D eigenvalue weighted by atomic mass is 9.93. The van der Waals surface area contributed by atoms with Crippen LogP contribution in [0.25, 0.3) is 5.69 Å². The highest BCUT2D eigenvalue weighted by Gasteiger charge is 2.24. The van der Waals surface area contributed by atoms with Gasteiger partial charge in [-0.2, -0.15) is 5.10 Å². The largest absolute Gasteiger partial charge is 0.259 e. The van der Waals surface area contributed by atoms with Crippen LogP contribution in [-0.4, -0.2) is 9.78 Å². The summed E-state index contributed by atoms with van der Waals surface area (Å²) in [5.74, 6) is 0.833. The number of nitrogens with one attached hydrogen (secondary N) is 1. The first kappa shape index (κ1) is 17.1. The Morgan fingerprint density at radius 1 is 1.27 bits per heavy atom. The van der Waals surface area contributed by atoms with E-state index in [0.29, 0.717) is 6.04 Å². The number of aromatic nitrogens is 2. The predicted molar refractivity (Wildman–Crippen MR) is 96.6 cm³/mol. The molecule has 1 N–H and O–H groups in total. The van der Waals surface area contributed by atoms with Crippen molar-refractivity contribution in [2.45, 2.75) is 53.0 Å². The summed E-state index contributed by atoms with van der Waals surface area (Å²) in [5, 5.41) is 4.57. The Hall–Kier alpha value is -1.26. The highest BCUT2D eigenvalue weighted by molar-refractivity contribution is 7.78. The molecule has 1 heterocycles. The van der Waals surface area contributed by atoms with Gasteiger partial charge >= 0.3 is 0 Å². The van der Waals surface area contributed by atoms with Crippen LogP contribution in [0.5, 0.6) is 0 Å². The van der Waals surface area contributed by atoms with E-state index in [1.807, 2.05) is 6.20 Å². The summed E-state index contributed by atoms with van der Waals surface area (Å²) < 4.78 is 5.17. The van der Waals surface area contributed by atoms with E-state index in [1.54, 1.807) is 0 Å². The molecule has 0 aliphatic heterocycles. The molecule has 1 aliphatic carbocycles. The maximum atomic E-state index is 4.57. The zero-order valence-corrected chi connectivity index (χ0v) is 14.9. The zero-order chi connectivity index (χ0) is 16.1. The Balaban J connectivity index is 0.000000396. The molecular weight excluding hydrogens is 290 g/mol. The summed E-state index contributed by atoms with van der Waals surface area (Å²) in [6, 6.07) is 8.70.